The average molecular weight is 1200 g/mol. The van der Waals surface area contributed by atoms with Gasteiger partial charge in [0.1, 0.15) is 13.2 Å². The number of rotatable bonds is 74. The van der Waals surface area contributed by atoms with Crippen molar-refractivity contribution in [2.45, 2.75) is 0 Å². The van der Waals surface area contributed by atoms with Crippen molar-refractivity contribution in [3.05, 3.63) is 12.2 Å². The van der Waals surface area contributed by atoms with Crippen molar-refractivity contribution in [1.82, 2.24) is 0 Å². The van der Waals surface area contributed by atoms with Crippen LogP contribution in [0.1, 0.15) is 0 Å². The molecule has 0 aromatic rings. The van der Waals surface area contributed by atoms with Crippen LogP contribution in [-0.2, 0) is 133 Å². The zero-order chi connectivity index (χ0) is 58.9. The Kier molecular flexibility index (Phi) is 72.7. The molecule has 0 heterocycles. The van der Waals surface area contributed by atoms with E-state index in [9.17, 15) is 9.59 Å². The van der Waals surface area contributed by atoms with E-state index in [0.717, 1.165) is 12.2 Å². The number of methoxy groups -OCH3 is 2. The predicted octanol–water partition coefficient (Wildman–Crippen LogP) is 0.287. The van der Waals surface area contributed by atoms with Gasteiger partial charge in [0.25, 0.3) is 0 Å². The smallest absolute Gasteiger partial charge is 0.331 e. The summed E-state index contributed by atoms with van der Waals surface area (Å²) in [7, 11) is 3.28. The van der Waals surface area contributed by atoms with Gasteiger partial charge in [-0.3, -0.25) is 0 Å². The molecule has 0 fully saturated rings. The Labute approximate surface area is 487 Å². The van der Waals surface area contributed by atoms with E-state index in [4.69, 9.17) is 123 Å². The Morgan fingerprint density at radius 1 is 0.171 bits per heavy atom. The minimum Gasteiger partial charge on any atom is -0.460 e. The maximum Gasteiger partial charge on any atom is 0.331 e. The SMILES string of the molecule is COCCOCCOCCOCCOCCOCCOCCOCCOCCOCCOCCOCCOC(=O)/C=C\C(=O)OCCOCCOCCOCCOCCOCCOCCOCCOCCOCCOCCOCCOC. The van der Waals surface area contributed by atoms with E-state index in [1.165, 1.54) is 0 Å². The van der Waals surface area contributed by atoms with Crippen LogP contribution < -0.4 is 0 Å². The highest BCUT2D eigenvalue weighted by Crippen LogP contribution is 1.92. The summed E-state index contributed by atoms with van der Waals surface area (Å²) in [6.45, 7) is 21.2. The number of hydrogen-bond donors (Lipinski definition) is 0. The molecule has 0 aromatic heterocycles. The minimum absolute atomic E-state index is 0.0177. The number of carbonyl (C=O) groups excluding carboxylic acids is 2. The van der Waals surface area contributed by atoms with Crippen LogP contribution in [0.25, 0.3) is 0 Å². The molecule has 28 nitrogen and oxygen atoms in total. The first kappa shape index (κ1) is 79.7. The third-order valence-electron chi connectivity index (χ3n) is 9.60. The molecular formula is C54H104O28. The van der Waals surface area contributed by atoms with Crippen LogP contribution >= 0.6 is 0 Å². The predicted molar refractivity (Wildman–Crippen MR) is 293 cm³/mol. The van der Waals surface area contributed by atoms with Crippen molar-refractivity contribution in [3.63, 3.8) is 0 Å². The average Bonchev–Trinajstić information content (AvgIpc) is 3.48. The van der Waals surface area contributed by atoms with Crippen LogP contribution in [-0.4, -0.2) is 343 Å². The molecular weight excluding hydrogens is 1100 g/mol. The van der Waals surface area contributed by atoms with Crippen molar-refractivity contribution in [3.8, 4) is 0 Å². The second-order valence-electron chi connectivity index (χ2n) is 16.1. The standard InChI is InChI=1S/C54H104O28/c1-57-5-7-59-9-11-61-13-15-63-17-19-65-21-23-67-25-27-69-29-31-71-33-35-73-37-39-75-41-43-77-45-47-79-49-51-81-53(55)3-4-54(56)82-52-50-80-48-46-78-44-42-76-40-38-74-36-34-72-32-30-70-28-26-68-24-22-66-20-18-64-16-14-62-12-10-60-8-6-58-2/h3-4H,5-52H2,1-2H3/b4-3-. The first-order chi connectivity index (χ1) is 40.7. The Morgan fingerprint density at radius 3 is 0.378 bits per heavy atom. The maximum atomic E-state index is 11.8. The summed E-state index contributed by atoms with van der Waals surface area (Å²) in [5.41, 5.74) is 0. The molecule has 28 heteroatoms. The van der Waals surface area contributed by atoms with Crippen LogP contribution in [0.2, 0.25) is 0 Å². The number of ether oxygens (including phenoxy) is 26. The zero-order valence-electron chi connectivity index (χ0n) is 49.5. The normalized spacial score (nSPS) is 11.7. The topological polar surface area (TPSA) is 274 Å². The van der Waals surface area contributed by atoms with Gasteiger partial charge in [0, 0.05) is 26.4 Å². The minimum atomic E-state index is -0.694. The number of hydrogen-bond acceptors (Lipinski definition) is 28. The highest BCUT2D eigenvalue weighted by molar-refractivity contribution is 5.91. The Bertz CT molecular complexity index is 1160. The van der Waals surface area contributed by atoms with E-state index in [1.807, 2.05) is 0 Å². The molecule has 0 saturated heterocycles. The van der Waals surface area contributed by atoms with Crippen LogP contribution in [0.5, 0.6) is 0 Å². The lowest BCUT2D eigenvalue weighted by Gasteiger charge is -2.09. The molecule has 82 heavy (non-hydrogen) atoms. The molecule has 0 amide bonds. The lowest BCUT2D eigenvalue weighted by atomic mass is 10.5. The summed E-state index contributed by atoms with van der Waals surface area (Å²) in [4.78, 5) is 23.7. The van der Waals surface area contributed by atoms with Crippen molar-refractivity contribution in [2.75, 3.05) is 331 Å². The van der Waals surface area contributed by atoms with E-state index in [1.54, 1.807) is 14.2 Å². The summed E-state index contributed by atoms with van der Waals surface area (Å²) >= 11 is 0. The van der Waals surface area contributed by atoms with Gasteiger partial charge in [-0.25, -0.2) is 9.59 Å². The fraction of sp³-hybridized carbons (Fsp3) is 0.926. The Balaban J connectivity index is 3.24. The van der Waals surface area contributed by atoms with E-state index in [2.05, 4.69) is 0 Å². The van der Waals surface area contributed by atoms with Crippen molar-refractivity contribution in [1.29, 1.82) is 0 Å². The molecule has 0 atom stereocenters. The van der Waals surface area contributed by atoms with Gasteiger partial charge in [0.2, 0.25) is 0 Å². The molecule has 0 saturated carbocycles. The quantitative estimate of drug-likeness (QED) is 0.0450. The lowest BCUT2D eigenvalue weighted by Crippen LogP contribution is -2.16. The molecule has 0 unspecified atom stereocenters. The first-order valence-corrected chi connectivity index (χ1v) is 28.4. The van der Waals surface area contributed by atoms with Crippen molar-refractivity contribution >= 4 is 11.9 Å². The van der Waals surface area contributed by atoms with Gasteiger partial charge in [-0.2, -0.15) is 0 Å². The Morgan fingerprint density at radius 2 is 0.268 bits per heavy atom. The van der Waals surface area contributed by atoms with Gasteiger partial charge < -0.3 is 123 Å². The molecule has 488 valence electrons. The highest BCUT2D eigenvalue weighted by atomic mass is 16.6. The molecule has 0 radical (unpaired) electrons. The molecule has 0 aliphatic heterocycles. The van der Waals surface area contributed by atoms with Crippen molar-refractivity contribution < 1.29 is 133 Å². The lowest BCUT2D eigenvalue weighted by molar-refractivity contribution is -0.142. The second-order valence-corrected chi connectivity index (χ2v) is 16.1. The van der Waals surface area contributed by atoms with E-state index in [-0.39, 0.29) is 26.4 Å². The molecule has 0 aromatic carbocycles. The third-order valence-corrected chi connectivity index (χ3v) is 9.60. The fourth-order valence-corrected chi connectivity index (χ4v) is 5.52. The van der Waals surface area contributed by atoms with Gasteiger partial charge in [-0.05, 0) is 0 Å². The summed E-state index contributed by atoms with van der Waals surface area (Å²) in [5, 5.41) is 0. The monoisotopic (exact) mass is 1200 g/mol. The van der Waals surface area contributed by atoms with Crippen molar-refractivity contribution in [2.24, 2.45) is 0 Å². The summed E-state index contributed by atoms with van der Waals surface area (Å²) in [5.74, 6) is -1.39. The molecule has 0 aliphatic rings. The second kappa shape index (κ2) is 74.8. The van der Waals surface area contributed by atoms with Crippen LogP contribution in [0.3, 0.4) is 0 Å². The zero-order valence-corrected chi connectivity index (χ0v) is 49.5. The van der Waals surface area contributed by atoms with Gasteiger partial charge in [-0.1, -0.05) is 0 Å². The van der Waals surface area contributed by atoms with Crippen LogP contribution in [0, 0.1) is 0 Å². The summed E-state index contributed by atoms with van der Waals surface area (Å²) in [6, 6.07) is 0. The summed E-state index contributed by atoms with van der Waals surface area (Å²) in [6.07, 6.45) is 1.98. The number of carbonyl (C=O) groups is 2. The van der Waals surface area contributed by atoms with E-state index < -0.39 is 11.9 Å². The molecule has 0 aliphatic carbocycles. The van der Waals surface area contributed by atoms with E-state index >= 15 is 0 Å². The van der Waals surface area contributed by atoms with E-state index in [0.29, 0.717) is 291 Å². The third kappa shape index (κ3) is 73.8. The van der Waals surface area contributed by atoms with Gasteiger partial charge in [0.05, 0.1) is 304 Å². The van der Waals surface area contributed by atoms with Gasteiger partial charge >= 0.3 is 11.9 Å². The molecule has 0 spiro atoms. The Hall–Kier alpha value is -2.28. The molecule has 0 bridgehead atoms. The molecule has 0 N–H and O–H groups in total. The van der Waals surface area contributed by atoms with Crippen LogP contribution in [0.4, 0.5) is 0 Å². The van der Waals surface area contributed by atoms with Gasteiger partial charge in [0.15, 0.2) is 0 Å². The van der Waals surface area contributed by atoms with Gasteiger partial charge in [-0.15, -0.1) is 0 Å². The maximum absolute atomic E-state index is 11.8. The molecule has 0 rings (SSSR count). The first-order valence-electron chi connectivity index (χ1n) is 28.4. The summed E-state index contributed by atoms with van der Waals surface area (Å²) < 4.78 is 140. The largest absolute Gasteiger partial charge is 0.460 e. The highest BCUT2D eigenvalue weighted by Gasteiger charge is 2.04. The fourth-order valence-electron chi connectivity index (χ4n) is 5.52. The van der Waals surface area contributed by atoms with Crippen LogP contribution in [0.15, 0.2) is 12.2 Å². The number of esters is 2.